The van der Waals surface area contributed by atoms with Gasteiger partial charge in [0.2, 0.25) is 0 Å². The highest BCUT2D eigenvalue weighted by molar-refractivity contribution is 14.1. The quantitative estimate of drug-likeness (QED) is 0.520. The van der Waals surface area contributed by atoms with Gasteiger partial charge in [0.05, 0.1) is 20.5 Å². The Hall–Kier alpha value is -0.0100. The van der Waals surface area contributed by atoms with Gasteiger partial charge in [-0.15, -0.1) is 11.6 Å². The van der Waals surface area contributed by atoms with E-state index in [0.717, 1.165) is 23.4 Å². The highest BCUT2D eigenvalue weighted by atomic mass is 127. The van der Waals surface area contributed by atoms with Crippen LogP contribution < -0.4 is 0 Å². The maximum absolute atomic E-state index is 13.9. The van der Waals surface area contributed by atoms with Gasteiger partial charge in [-0.1, -0.05) is 0 Å². The van der Waals surface area contributed by atoms with Crippen molar-refractivity contribution >= 4 is 57.0 Å². The molecule has 1 aliphatic heterocycles. The lowest BCUT2D eigenvalue weighted by Crippen LogP contribution is -2.24. The summed E-state index contributed by atoms with van der Waals surface area (Å²) in [4.78, 5) is 4.56. The fourth-order valence-corrected chi connectivity index (χ4v) is 4.69. The highest BCUT2D eigenvalue weighted by Gasteiger charge is 2.31. The van der Waals surface area contributed by atoms with E-state index in [4.69, 9.17) is 11.6 Å². The molecule has 1 aromatic carbocycles. The second-order valence-corrected chi connectivity index (χ2v) is 8.52. The molecule has 0 spiro atoms. The standard InChI is InChI=1S/C14H15ClFIN2S/c1-14(3-2-4-20-14)8-19-12-5-9(16)10(17)6-11(12)18-13(19)7-15/h5-6H,2-4,7-8H2,1H3. The van der Waals surface area contributed by atoms with Gasteiger partial charge in [0.15, 0.2) is 0 Å². The SMILES string of the molecule is CC1(Cn2c(CCl)nc3cc(I)c(F)cc32)CCCS1. The lowest BCUT2D eigenvalue weighted by molar-refractivity contribution is 0.509. The molecule has 1 unspecified atom stereocenters. The van der Waals surface area contributed by atoms with Crippen LogP contribution in [0.25, 0.3) is 11.0 Å². The third-order valence-corrected chi connectivity index (χ3v) is 6.37. The van der Waals surface area contributed by atoms with Crippen molar-refractivity contribution in [3.05, 3.63) is 27.3 Å². The van der Waals surface area contributed by atoms with Crippen molar-refractivity contribution in [2.24, 2.45) is 0 Å². The molecule has 0 radical (unpaired) electrons. The molecule has 20 heavy (non-hydrogen) atoms. The van der Waals surface area contributed by atoms with Crippen LogP contribution in [0.4, 0.5) is 4.39 Å². The Balaban J connectivity index is 2.10. The van der Waals surface area contributed by atoms with Crippen molar-refractivity contribution in [2.45, 2.75) is 36.9 Å². The number of alkyl halides is 1. The molecular formula is C14H15ClFIN2S. The van der Waals surface area contributed by atoms with Crippen LogP contribution in [0.5, 0.6) is 0 Å². The third kappa shape index (κ3) is 2.68. The fourth-order valence-electron chi connectivity index (χ4n) is 2.74. The molecule has 0 N–H and O–H groups in total. The highest BCUT2D eigenvalue weighted by Crippen LogP contribution is 2.40. The zero-order chi connectivity index (χ0) is 14.3. The maximum Gasteiger partial charge on any atom is 0.138 e. The summed E-state index contributed by atoms with van der Waals surface area (Å²) in [5, 5.41) is 0. The number of benzene rings is 1. The Morgan fingerprint density at radius 2 is 2.35 bits per heavy atom. The van der Waals surface area contributed by atoms with Gasteiger partial charge in [0.1, 0.15) is 11.6 Å². The fraction of sp³-hybridized carbons (Fsp3) is 0.500. The second kappa shape index (κ2) is 5.65. The Bertz CT molecular complexity index is 652. The van der Waals surface area contributed by atoms with Crippen LogP contribution in [-0.4, -0.2) is 20.1 Å². The molecule has 1 saturated heterocycles. The topological polar surface area (TPSA) is 17.8 Å². The molecular weight excluding hydrogens is 410 g/mol. The largest absolute Gasteiger partial charge is 0.325 e. The molecule has 0 amide bonds. The second-order valence-electron chi connectivity index (χ2n) is 5.40. The van der Waals surface area contributed by atoms with Crippen molar-refractivity contribution < 1.29 is 4.39 Å². The Kier molecular flexibility index (Phi) is 4.21. The molecule has 2 nitrogen and oxygen atoms in total. The van der Waals surface area contributed by atoms with Gasteiger partial charge >= 0.3 is 0 Å². The number of thioether (sulfide) groups is 1. The van der Waals surface area contributed by atoms with Gasteiger partial charge in [-0.05, 0) is 54.2 Å². The van der Waals surface area contributed by atoms with Gasteiger partial charge in [-0.2, -0.15) is 11.8 Å². The molecule has 1 fully saturated rings. The summed E-state index contributed by atoms with van der Waals surface area (Å²) in [5.41, 5.74) is 1.69. The van der Waals surface area contributed by atoms with E-state index in [1.54, 1.807) is 12.1 Å². The number of halogens is 3. The maximum atomic E-state index is 13.9. The first kappa shape index (κ1) is 14.9. The van der Waals surface area contributed by atoms with Crippen LogP contribution in [0.2, 0.25) is 0 Å². The molecule has 6 heteroatoms. The van der Waals surface area contributed by atoms with Crippen molar-refractivity contribution in [1.82, 2.24) is 9.55 Å². The summed E-state index contributed by atoms with van der Waals surface area (Å²) in [6.45, 7) is 3.12. The lowest BCUT2D eigenvalue weighted by atomic mass is 10.1. The van der Waals surface area contributed by atoms with E-state index in [1.165, 1.54) is 18.6 Å². The Morgan fingerprint density at radius 3 is 3.00 bits per heavy atom. The molecule has 1 aliphatic rings. The smallest absolute Gasteiger partial charge is 0.138 e. The number of aromatic nitrogens is 2. The van der Waals surface area contributed by atoms with Crippen molar-refractivity contribution in [1.29, 1.82) is 0 Å². The predicted molar refractivity (Wildman–Crippen MR) is 92.1 cm³/mol. The summed E-state index contributed by atoms with van der Waals surface area (Å²) in [5.74, 6) is 2.19. The van der Waals surface area contributed by atoms with Crippen LogP contribution in [-0.2, 0) is 12.4 Å². The van der Waals surface area contributed by atoms with Crippen LogP contribution >= 0.6 is 46.0 Å². The van der Waals surface area contributed by atoms with Gasteiger partial charge < -0.3 is 4.57 Å². The van der Waals surface area contributed by atoms with Gasteiger partial charge in [-0.25, -0.2) is 9.37 Å². The summed E-state index contributed by atoms with van der Waals surface area (Å²) < 4.78 is 16.8. The molecule has 0 bridgehead atoms. The van der Waals surface area contributed by atoms with Crippen LogP contribution in [0, 0.1) is 9.39 Å². The zero-order valence-electron chi connectivity index (χ0n) is 11.1. The van der Waals surface area contributed by atoms with E-state index in [2.05, 4.69) is 16.5 Å². The molecule has 108 valence electrons. The van der Waals surface area contributed by atoms with Crippen molar-refractivity contribution in [2.75, 3.05) is 5.75 Å². The van der Waals surface area contributed by atoms with E-state index >= 15 is 0 Å². The molecule has 1 aromatic heterocycles. The summed E-state index contributed by atoms with van der Waals surface area (Å²) in [6.07, 6.45) is 2.43. The summed E-state index contributed by atoms with van der Waals surface area (Å²) >= 11 is 10.0. The summed E-state index contributed by atoms with van der Waals surface area (Å²) in [7, 11) is 0. The Labute approximate surface area is 140 Å². The number of imidazole rings is 1. The van der Waals surface area contributed by atoms with Crippen molar-refractivity contribution in [3.63, 3.8) is 0 Å². The van der Waals surface area contributed by atoms with Crippen LogP contribution in [0.15, 0.2) is 12.1 Å². The first-order chi connectivity index (χ1) is 9.52. The van der Waals surface area contributed by atoms with E-state index < -0.39 is 0 Å². The molecule has 0 aliphatic carbocycles. The first-order valence-electron chi connectivity index (χ1n) is 6.56. The number of hydrogen-bond acceptors (Lipinski definition) is 2. The van der Waals surface area contributed by atoms with Crippen molar-refractivity contribution in [3.8, 4) is 0 Å². The summed E-state index contributed by atoms with van der Waals surface area (Å²) in [6, 6.07) is 3.38. The van der Waals surface area contributed by atoms with Crippen LogP contribution in [0.3, 0.4) is 0 Å². The molecule has 2 aromatic rings. The van der Waals surface area contributed by atoms with E-state index in [9.17, 15) is 4.39 Å². The monoisotopic (exact) mass is 424 g/mol. The van der Waals surface area contributed by atoms with E-state index in [-0.39, 0.29) is 10.6 Å². The predicted octanol–water partition coefficient (Wildman–Crippen LogP) is 4.80. The van der Waals surface area contributed by atoms with Gasteiger partial charge in [-0.3, -0.25) is 0 Å². The van der Waals surface area contributed by atoms with Crippen LogP contribution in [0.1, 0.15) is 25.6 Å². The molecule has 2 heterocycles. The third-order valence-electron chi connectivity index (χ3n) is 3.78. The normalized spacial score (nSPS) is 22.8. The number of nitrogens with zero attached hydrogens (tertiary/aromatic N) is 2. The minimum atomic E-state index is -0.190. The zero-order valence-corrected chi connectivity index (χ0v) is 14.9. The lowest BCUT2D eigenvalue weighted by Gasteiger charge is -2.24. The minimum absolute atomic E-state index is 0.190. The van der Waals surface area contributed by atoms with Gasteiger partial charge in [0.25, 0.3) is 0 Å². The molecule has 3 rings (SSSR count). The van der Waals surface area contributed by atoms with E-state index in [0.29, 0.717) is 9.45 Å². The van der Waals surface area contributed by atoms with Gasteiger partial charge in [0, 0.05) is 17.4 Å². The Morgan fingerprint density at radius 1 is 1.55 bits per heavy atom. The molecule has 1 atom stereocenters. The number of fused-ring (bicyclic) bond motifs is 1. The minimum Gasteiger partial charge on any atom is -0.325 e. The average Bonchev–Trinajstić information content (AvgIpc) is 2.96. The number of rotatable bonds is 3. The van der Waals surface area contributed by atoms with E-state index in [1.807, 2.05) is 34.4 Å². The average molecular weight is 425 g/mol. The molecule has 0 saturated carbocycles. The number of hydrogen-bond donors (Lipinski definition) is 0. The first-order valence-corrected chi connectivity index (χ1v) is 9.16.